The number of hydrogen-bond donors (Lipinski definition) is 0. The van der Waals surface area contributed by atoms with Gasteiger partial charge in [0.2, 0.25) is 0 Å². The summed E-state index contributed by atoms with van der Waals surface area (Å²) in [5.74, 6) is 1.84. The normalized spacial score (nSPS) is 28.8. The average Bonchev–Trinajstić information content (AvgIpc) is 2.78. The third-order valence-electron chi connectivity index (χ3n) is 3.47. The van der Waals surface area contributed by atoms with Crippen LogP contribution in [0.3, 0.4) is 0 Å². The summed E-state index contributed by atoms with van der Waals surface area (Å²) in [6.07, 6.45) is 5.84. The summed E-state index contributed by atoms with van der Waals surface area (Å²) < 4.78 is 0.945. The second-order valence-corrected chi connectivity index (χ2v) is 5.77. The highest BCUT2D eigenvalue weighted by molar-refractivity contribution is 9.10. The Kier molecular flexibility index (Phi) is 2.40. The highest BCUT2D eigenvalue weighted by Gasteiger charge is 2.38. The van der Waals surface area contributed by atoms with Crippen molar-refractivity contribution in [1.29, 1.82) is 0 Å². The molecule has 1 aromatic heterocycles. The van der Waals surface area contributed by atoms with Gasteiger partial charge in [-0.05, 0) is 47.2 Å². The lowest BCUT2D eigenvalue weighted by Crippen LogP contribution is -2.32. The third-order valence-corrected chi connectivity index (χ3v) is 4.18. The molecule has 2 aliphatic rings. The van der Waals surface area contributed by atoms with Crippen molar-refractivity contribution in [3.05, 3.63) is 21.8 Å². The van der Waals surface area contributed by atoms with Crippen LogP contribution >= 0.6 is 27.5 Å². The van der Waals surface area contributed by atoms with E-state index in [4.69, 9.17) is 11.6 Å². The summed E-state index contributed by atoms with van der Waals surface area (Å²) in [5.41, 5.74) is 0. The fourth-order valence-corrected chi connectivity index (χ4v) is 3.54. The molecular weight excluding hydrogens is 275 g/mol. The molecule has 0 spiro atoms. The molecule has 1 aliphatic carbocycles. The molecule has 2 heterocycles. The van der Waals surface area contributed by atoms with E-state index in [0.717, 1.165) is 27.8 Å². The second-order valence-electron chi connectivity index (χ2n) is 4.44. The third kappa shape index (κ3) is 1.66. The number of anilines is 1. The number of fused-ring (bicyclic) bond motifs is 2. The first-order valence-corrected chi connectivity index (χ1v) is 6.49. The molecule has 1 aromatic rings. The van der Waals surface area contributed by atoms with Crippen molar-refractivity contribution < 1.29 is 0 Å². The van der Waals surface area contributed by atoms with Crippen molar-refractivity contribution in [3.8, 4) is 0 Å². The van der Waals surface area contributed by atoms with Crippen LogP contribution in [0, 0.1) is 5.92 Å². The monoisotopic (exact) mass is 286 g/mol. The summed E-state index contributed by atoms with van der Waals surface area (Å²) in [6.45, 7) is 1.14. The molecule has 2 unspecified atom stereocenters. The number of pyridine rings is 1. The molecule has 1 saturated carbocycles. The number of nitrogens with zero attached hydrogens (tertiary/aromatic N) is 2. The second kappa shape index (κ2) is 3.63. The molecule has 1 saturated heterocycles. The largest absolute Gasteiger partial charge is 0.352 e. The van der Waals surface area contributed by atoms with Gasteiger partial charge in [0.15, 0.2) is 0 Å². The van der Waals surface area contributed by atoms with E-state index in [0.29, 0.717) is 6.04 Å². The smallest absolute Gasteiger partial charge is 0.147 e. The molecule has 15 heavy (non-hydrogen) atoms. The van der Waals surface area contributed by atoms with Gasteiger partial charge in [-0.3, -0.25) is 0 Å². The minimum absolute atomic E-state index is 0.682. The van der Waals surface area contributed by atoms with Crippen LogP contribution in [0.2, 0.25) is 5.02 Å². The van der Waals surface area contributed by atoms with Gasteiger partial charge in [0.1, 0.15) is 5.82 Å². The summed E-state index contributed by atoms with van der Waals surface area (Å²) in [7, 11) is 0. The van der Waals surface area contributed by atoms with Gasteiger partial charge in [0, 0.05) is 23.3 Å². The van der Waals surface area contributed by atoms with Gasteiger partial charge in [-0.15, -0.1) is 0 Å². The minimum Gasteiger partial charge on any atom is -0.352 e. The number of aromatic nitrogens is 1. The Morgan fingerprint density at radius 3 is 2.93 bits per heavy atom. The molecule has 3 rings (SSSR count). The Balaban J connectivity index is 1.93. The first-order valence-electron chi connectivity index (χ1n) is 5.32. The summed E-state index contributed by atoms with van der Waals surface area (Å²) in [5, 5.41) is 0.761. The first kappa shape index (κ1) is 9.91. The van der Waals surface area contributed by atoms with Gasteiger partial charge in [-0.2, -0.15) is 0 Å². The quantitative estimate of drug-likeness (QED) is 0.786. The van der Waals surface area contributed by atoms with Crippen molar-refractivity contribution in [1.82, 2.24) is 4.98 Å². The van der Waals surface area contributed by atoms with Crippen molar-refractivity contribution in [2.75, 3.05) is 11.4 Å². The molecule has 4 heteroatoms. The molecule has 2 atom stereocenters. The Morgan fingerprint density at radius 2 is 2.33 bits per heavy atom. The highest BCUT2D eigenvalue weighted by atomic mass is 79.9. The van der Waals surface area contributed by atoms with Crippen LogP contribution in [0.5, 0.6) is 0 Å². The fourth-order valence-electron chi connectivity index (χ4n) is 2.80. The van der Waals surface area contributed by atoms with Gasteiger partial charge in [0.05, 0.1) is 5.02 Å². The number of rotatable bonds is 1. The molecule has 80 valence electrons. The Hall–Kier alpha value is -0.280. The summed E-state index contributed by atoms with van der Waals surface area (Å²) in [4.78, 5) is 6.80. The fraction of sp³-hybridized carbons (Fsp3) is 0.545. The Labute approximate surface area is 103 Å². The molecular formula is C11H12BrClN2. The van der Waals surface area contributed by atoms with Crippen molar-refractivity contribution in [3.63, 3.8) is 0 Å². The van der Waals surface area contributed by atoms with Crippen LogP contribution in [-0.2, 0) is 0 Å². The zero-order valence-corrected chi connectivity index (χ0v) is 10.6. The maximum Gasteiger partial charge on any atom is 0.147 e. The van der Waals surface area contributed by atoms with E-state index in [9.17, 15) is 0 Å². The molecule has 0 radical (unpaired) electrons. The van der Waals surface area contributed by atoms with Gasteiger partial charge in [-0.25, -0.2) is 4.98 Å². The topological polar surface area (TPSA) is 16.1 Å². The standard InChI is InChI=1S/C11H12BrClN2/c12-8-4-10(13)11(14-5-8)15-6-7-1-2-9(15)3-7/h4-5,7,9H,1-3,6H2. The molecule has 2 fully saturated rings. The molecule has 2 nitrogen and oxygen atoms in total. The van der Waals surface area contributed by atoms with Crippen LogP contribution < -0.4 is 4.90 Å². The SMILES string of the molecule is Clc1cc(Br)cnc1N1CC2CCC1C2. The average molecular weight is 288 g/mol. The number of hydrogen-bond acceptors (Lipinski definition) is 2. The predicted molar refractivity (Wildman–Crippen MR) is 65.4 cm³/mol. The van der Waals surface area contributed by atoms with Crippen LogP contribution in [0.1, 0.15) is 19.3 Å². The molecule has 1 aliphatic heterocycles. The lowest BCUT2D eigenvalue weighted by molar-refractivity contribution is 0.550. The number of halogens is 2. The zero-order valence-electron chi connectivity index (χ0n) is 8.29. The zero-order chi connectivity index (χ0) is 10.4. The Morgan fingerprint density at radius 1 is 1.47 bits per heavy atom. The van der Waals surface area contributed by atoms with Gasteiger partial charge in [-0.1, -0.05) is 11.6 Å². The molecule has 2 bridgehead atoms. The van der Waals surface area contributed by atoms with Crippen LogP contribution in [0.15, 0.2) is 16.7 Å². The van der Waals surface area contributed by atoms with E-state index in [1.807, 2.05) is 12.3 Å². The van der Waals surface area contributed by atoms with E-state index in [1.165, 1.54) is 19.3 Å². The van der Waals surface area contributed by atoms with Gasteiger partial charge in [0.25, 0.3) is 0 Å². The predicted octanol–water partition coefficient (Wildman–Crippen LogP) is 3.49. The van der Waals surface area contributed by atoms with E-state index < -0.39 is 0 Å². The minimum atomic E-state index is 0.682. The van der Waals surface area contributed by atoms with Crippen LogP contribution in [0.25, 0.3) is 0 Å². The summed E-state index contributed by atoms with van der Waals surface area (Å²) >= 11 is 9.59. The van der Waals surface area contributed by atoms with E-state index >= 15 is 0 Å². The van der Waals surface area contributed by atoms with Gasteiger partial charge >= 0.3 is 0 Å². The lowest BCUT2D eigenvalue weighted by Gasteiger charge is -2.28. The van der Waals surface area contributed by atoms with Crippen LogP contribution in [0.4, 0.5) is 5.82 Å². The van der Waals surface area contributed by atoms with E-state index in [2.05, 4.69) is 25.8 Å². The van der Waals surface area contributed by atoms with Crippen LogP contribution in [-0.4, -0.2) is 17.6 Å². The first-order chi connectivity index (χ1) is 7.24. The highest BCUT2D eigenvalue weighted by Crippen LogP contribution is 2.41. The molecule has 0 aromatic carbocycles. The lowest BCUT2D eigenvalue weighted by atomic mass is 10.1. The van der Waals surface area contributed by atoms with Gasteiger partial charge < -0.3 is 4.90 Å². The van der Waals surface area contributed by atoms with E-state index in [1.54, 1.807) is 0 Å². The molecule has 0 amide bonds. The maximum absolute atomic E-state index is 6.21. The molecule has 0 N–H and O–H groups in total. The van der Waals surface area contributed by atoms with Crippen molar-refractivity contribution in [2.24, 2.45) is 5.92 Å². The number of piperidine rings is 1. The summed E-state index contributed by atoms with van der Waals surface area (Å²) in [6, 6.07) is 2.61. The van der Waals surface area contributed by atoms with Crippen molar-refractivity contribution >= 4 is 33.3 Å². The van der Waals surface area contributed by atoms with Crippen molar-refractivity contribution in [2.45, 2.75) is 25.3 Å². The van der Waals surface area contributed by atoms with E-state index in [-0.39, 0.29) is 0 Å². The maximum atomic E-state index is 6.21. The Bertz CT molecular complexity index is 396.